The summed E-state index contributed by atoms with van der Waals surface area (Å²) in [4.78, 5) is 26.3. The summed E-state index contributed by atoms with van der Waals surface area (Å²) in [6, 6.07) is 14.5. The fourth-order valence-electron chi connectivity index (χ4n) is 2.98. The number of nitriles is 1. The smallest absolute Gasteiger partial charge is 0.244 e. The summed E-state index contributed by atoms with van der Waals surface area (Å²) in [5.74, 6) is 0.0750. The van der Waals surface area contributed by atoms with Crippen molar-refractivity contribution in [3.63, 3.8) is 0 Å². The number of aryl methyl sites for hydroxylation is 1. The molecule has 0 bridgehead atoms. The molecule has 0 saturated carbocycles. The number of amides is 2. The van der Waals surface area contributed by atoms with Crippen LogP contribution in [0.15, 0.2) is 42.5 Å². The van der Waals surface area contributed by atoms with Crippen molar-refractivity contribution in [2.45, 2.75) is 19.8 Å². The lowest BCUT2D eigenvalue weighted by Crippen LogP contribution is -2.40. The highest BCUT2D eigenvalue weighted by molar-refractivity contribution is 6.04. The lowest BCUT2D eigenvalue weighted by atomic mass is 10.0. The number of nitrogens with zero attached hydrogens (tertiary/aromatic N) is 2. The summed E-state index contributed by atoms with van der Waals surface area (Å²) in [6.07, 6.45) is 1.07. The third-order valence-corrected chi connectivity index (χ3v) is 4.18. The van der Waals surface area contributed by atoms with Gasteiger partial charge in [-0.25, -0.2) is 0 Å². The summed E-state index contributed by atoms with van der Waals surface area (Å²) in [5, 5.41) is 11.8. The van der Waals surface area contributed by atoms with Gasteiger partial charge in [-0.05, 0) is 43.2 Å². The molecule has 0 aliphatic carbocycles. The highest BCUT2D eigenvalue weighted by Crippen LogP contribution is 2.28. The number of benzene rings is 2. The third kappa shape index (κ3) is 3.67. The summed E-state index contributed by atoms with van der Waals surface area (Å²) >= 11 is 0. The second-order valence-electron chi connectivity index (χ2n) is 5.91. The molecule has 132 valence electrons. The highest BCUT2D eigenvalue weighted by atomic mass is 16.5. The summed E-state index contributed by atoms with van der Waals surface area (Å²) < 4.78 is 5.50. The van der Waals surface area contributed by atoms with Crippen molar-refractivity contribution in [3.8, 4) is 11.8 Å². The molecule has 6 nitrogen and oxygen atoms in total. The van der Waals surface area contributed by atoms with Gasteiger partial charge in [-0.1, -0.05) is 18.2 Å². The van der Waals surface area contributed by atoms with E-state index in [0.29, 0.717) is 36.4 Å². The van der Waals surface area contributed by atoms with Crippen molar-refractivity contribution in [1.82, 2.24) is 0 Å². The van der Waals surface area contributed by atoms with E-state index in [0.717, 1.165) is 11.3 Å². The zero-order valence-corrected chi connectivity index (χ0v) is 14.5. The SMILES string of the molecule is CCOc1ccc(C#N)cc1NC(=O)CN1C(=O)CCc2ccccc21. The van der Waals surface area contributed by atoms with E-state index >= 15 is 0 Å². The number of rotatable bonds is 5. The largest absolute Gasteiger partial charge is 0.492 e. The Labute approximate surface area is 152 Å². The lowest BCUT2D eigenvalue weighted by molar-refractivity contribution is -0.121. The first-order chi connectivity index (χ1) is 12.6. The van der Waals surface area contributed by atoms with Crippen molar-refractivity contribution in [1.29, 1.82) is 5.26 Å². The Kier molecular flexibility index (Phi) is 5.18. The molecule has 6 heteroatoms. The maximum absolute atomic E-state index is 12.5. The molecule has 2 aromatic carbocycles. The highest BCUT2D eigenvalue weighted by Gasteiger charge is 2.25. The van der Waals surface area contributed by atoms with Gasteiger partial charge in [0.05, 0.1) is 23.9 Å². The zero-order valence-electron chi connectivity index (χ0n) is 14.5. The quantitative estimate of drug-likeness (QED) is 0.900. The lowest BCUT2D eigenvalue weighted by Gasteiger charge is -2.28. The van der Waals surface area contributed by atoms with Crippen LogP contribution in [0.3, 0.4) is 0 Å². The Hall–Kier alpha value is -3.33. The van der Waals surface area contributed by atoms with E-state index in [1.807, 2.05) is 37.3 Å². The van der Waals surface area contributed by atoms with Crippen LogP contribution in [0, 0.1) is 11.3 Å². The van der Waals surface area contributed by atoms with Crippen LogP contribution in [-0.2, 0) is 16.0 Å². The van der Waals surface area contributed by atoms with Gasteiger partial charge in [0.15, 0.2) is 0 Å². The normalized spacial score (nSPS) is 12.9. The van der Waals surface area contributed by atoms with Gasteiger partial charge < -0.3 is 15.0 Å². The first kappa shape index (κ1) is 17.5. The van der Waals surface area contributed by atoms with Crippen molar-refractivity contribution in [2.75, 3.05) is 23.4 Å². The molecule has 0 saturated heterocycles. The van der Waals surface area contributed by atoms with Crippen molar-refractivity contribution in [2.24, 2.45) is 0 Å². The Morgan fingerprint density at radius 2 is 2.08 bits per heavy atom. The van der Waals surface area contributed by atoms with Crippen LogP contribution < -0.4 is 15.0 Å². The van der Waals surface area contributed by atoms with Crippen LogP contribution >= 0.6 is 0 Å². The molecule has 1 aliphatic rings. The number of anilines is 2. The van der Waals surface area contributed by atoms with E-state index < -0.39 is 0 Å². The molecular formula is C20H19N3O3. The third-order valence-electron chi connectivity index (χ3n) is 4.18. The molecule has 2 aromatic rings. The van der Waals surface area contributed by atoms with Crippen LogP contribution in [0.25, 0.3) is 0 Å². The molecule has 0 spiro atoms. The van der Waals surface area contributed by atoms with E-state index in [4.69, 9.17) is 10.00 Å². The van der Waals surface area contributed by atoms with Crippen molar-refractivity contribution < 1.29 is 14.3 Å². The van der Waals surface area contributed by atoms with Gasteiger partial charge in [0.25, 0.3) is 0 Å². The molecule has 26 heavy (non-hydrogen) atoms. The average Bonchev–Trinajstić information content (AvgIpc) is 2.65. The summed E-state index contributed by atoms with van der Waals surface area (Å²) in [7, 11) is 0. The van der Waals surface area contributed by atoms with E-state index in [-0.39, 0.29) is 18.4 Å². The molecular weight excluding hydrogens is 330 g/mol. The molecule has 1 N–H and O–H groups in total. The molecule has 1 heterocycles. The predicted molar refractivity (Wildman–Crippen MR) is 98.1 cm³/mol. The van der Waals surface area contributed by atoms with Crippen LogP contribution in [0.5, 0.6) is 5.75 Å². The second-order valence-corrected chi connectivity index (χ2v) is 5.91. The first-order valence-electron chi connectivity index (χ1n) is 8.47. The average molecular weight is 349 g/mol. The molecule has 1 aliphatic heterocycles. The van der Waals surface area contributed by atoms with Crippen molar-refractivity contribution in [3.05, 3.63) is 53.6 Å². The zero-order chi connectivity index (χ0) is 18.5. The standard InChI is InChI=1S/C20H19N3O3/c1-2-26-18-9-7-14(12-21)11-16(18)22-19(24)13-23-17-6-4-3-5-15(17)8-10-20(23)25/h3-7,9,11H,2,8,10,13H2,1H3,(H,22,24). The minimum atomic E-state index is -0.342. The Morgan fingerprint density at radius 3 is 2.85 bits per heavy atom. The Balaban J connectivity index is 1.80. The van der Waals surface area contributed by atoms with Gasteiger partial charge >= 0.3 is 0 Å². The van der Waals surface area contributed by atoms with Gasteiger partial charge in [0.1, 0.15) is 12.3 Å². The van der Waals surface area contributed by atoms with Gasteiger partial charge in [-0.3, -0.25) is 9.59 Å². The monoisotopic (exact) mass is 349 g/mol. The molecule has 0 unspecified atom stereocenters. The van der Waals surface area contributed by atoms with E-state index in [9.17, 15) is 9.59 Å². The number of carbonyl (C=O) groups excluding carboxylic acids is 2. The maximum Gasteiger partial charge on any atom is 0.244 e. The minimum absolute atomic E-state index is 0.0744. The Bertz CT molecular complexity index is 886. The predicted octanol–water partition coefficient (Wildman–Crippen LogP) is 2.87. The van der Waals surface area contributed by atoms with Crippen LogP contribution in [0.2, 0.25) is 0 Å². The molecule has 2 amide bonds. The van der Waals surface area contributed by atoms with Crippen LogP contribution in [0.4, 0.5) is 11.4 Å². The fourth-order valence-corrected chi connectivity index (χ4v) is 2.98. The number of ether oxygens (including phenoxy) is 1. The van der Waals surface area contributed by atoms with E-state index in [2.05, 4.69) is 5.32 Å². The first-order valence-corrected chi connectivity index (χ1v) is 8.47. The number of fused-ring (bicyclic) bond motifs is 1. The number of hydrogen-bond donors (Lipinski definition) is 1. The number of carbonyl (C=O) groups is 2. The summed E-state index contributed by atoms with van der Waals surface area (Å²) in [5.41, 5.74) is 2.67. The minimum Gasteiger partial charge on any atom is -0.492 e. The van der Waals surface area contributed by atoms with Gasteiger partial charge in [0, 0.05) is 12.1 Å². The molecule has 0 radical (unpaired) electrons. The van der Waals surface area contributed by atoms with E-state index in [1.54, 1.807) is 18.2 Å². The van der Waals surface area contributed by atoms with Crippen LogP contribution in [0.1, 0.15) is 24.5 Å². The molecule has 3 rings (SSSR count). The Morgan fingerprint density at radius 1 is 1.27 bits per heavy atom. The second kappa shape index (κ2) is 7.70. The topological polar surface area (TPSA) is 82.4 Å². The van der Waals surface area contributed by atoms with Gasteiger partial charge in [0.2, 0.25) is 11.8 Å². The molecule has 0 fully saturated rings. The number of para-hydroxylation sites is 1. The van der Waals surface area contributed by atoms with Gasteiger partial charge in [-0.2, -0.15) is 5.26 Å². The number of nitrogens with one attached hydrogen (secondary N) is 1. The molecule has 0 atom stereocenters. The maximum atomic E-state index is 12.5. The van der Waals surface area contributed by atoms with Crippen molar-refractivity contribution >= 4 is 23.2 Å². The fraction of sp³-hybridized carbons (Fsp3) is 0.250. The van der Waals surface area contributed by atoms with Crippen LogP contribution in [-0.4, -0.2) is 25.0 Å². The summed E-state index contributed by atoms with van der Waals surface area (Å²) in [6.45, 7) is 2.19. The molecule has 0 aromatic heterocycles. The van der Waals surface area contributed by atoms with Gasteiger partial charge in [-0.15, -0.1) is 0 Å². The number of hydrogen-bond acceptors (Lipinski definition) is 4. The van der Waals surface area contributed by atoms with E-state index in [1.165, 1.54) is 4.90 Å².